The first-order chi connectivity index (χ1) is 10.8. The van der Waals surface area contributed by atoms with Gasteiger partial charge in [-0.3, -0.25) is 29.4 Å². The Hall–Kier alpha value is -3.30. The molecule has 0 fully saturated rings. The number of amides is 3. The molecule has 120 valence electrons. The van der Waals surface area contributed by atoms with Gasteiger partial charge in [-0.25, -0.2) is 4.79 Å². The van der Waals surface area contributed by atoms with E-state index in [9.17, 15) is 34.4 Å². The van der Waals surface area contributed by atoms with Crippen molar-refractivity contribution >= 4 is 29.4 Å². The third-order valence-corrected chi connectivity index (χ3v) is 3.38. The number of carboxylic acid groups (broad SMARTS) is 1. The lowest BCUT2D eigenvalue weighted by atomic mass is 10.1. The number of benzene rings is 1. The zero-order chi connectivity index (χ0) is 17.3. The monoisotopic (exact) mass is 321 g/mol. The van der Waals surface area contributed by atoms with Gasteiger partial charge in [-0.05, 0) is 12.5 Å². The van der Waals surface area contributed by atoms with E-state index in [0.717, 1.165) is 6.07 Å². The number of imide groups is 1. The van der Waals surface area contributed by atoms with Gasteiger partial charge >= 0.3 is 5.97 Å². The molecular formula is C13H11N3O7. The standard InChI is InChI=1S/C13H11N3O7/c14-9(17)5-4-8(13(20)21)15-11(18)6-2-1-3-7(16(22)23)10(6)12(15)19/h1-3,8H,4-5H2,(H2,14,17)(H,20,21)/t8-/m1/s1. The van der Waals surface area contributed by atoms with E-state index < -0.39 is 45.9 Å². The predicted molar refractivity (Wildman–Crippen MR) is 73.4 cm³/mol. The molecule has 0 saturated carbocycles. The molecule has 1 heterocycles. The first-order valence-electron chi connectivity index (χ1n) is 6.42. The molecule has 10 heteroatoms. The van der Waals surface area contributed by atoms with Crippen LogP contribution in [-0.4, -0.2) is 44.7 Å². The Kier molecular flexibility index (Phi) is 4.08. The van der Waals surface area contributed by atoms with Gasteiger partial charge in [-0.1, -0.05) is 6.07 Å². The van der Waals surface area contributed by atoms with Crippen LogP contribution < -0.4 is 5.73 Å². The van der Waals surface area contributed by atoms with Gasteiger partial charge in [0, 0.05) is 12.5 Å². The number of hydrogen-bond acceptors (Lipinski definition) is 6. The maximum Gasteiger partial charge on any atom is 0.326 e. The molecule has 2 rings (SSSR count). The number of nitro benzene ring substituents is 1. The second-order valence-electron chi connectivity index (χ2n) is 4.80. The van der Waals surface area contributed by atoms with Crippen LogP contribution in [0.2, 0.25) is 0 Å². The van der Waals surface area contributed by atoms with Crippen molar-refractivity contribution in [2.24, 2.45) is 5.73 Å². The summed E-state index contributed by atoms with van der Waals surface area (Å²) in [6, 6.07) is 1.85. The Labute approximate surface area is 128 Å². The summed E-state index contributed by atoms with van der Waals surface area (Å²) in [5, 5.41) is 20.2. The van der Waals surface area contributed by atoms with Crippen LogP contribution in [0.5, 0.6) is 0 Å². The van der Waals surface area contributed by atoms with Crippen LogP contribution in [0.4, 0.5) is 5.69 Å². The van der Waals surface area contributed by atoms with Crippen molar-refractivity contribution in [2.75, 3.05) is 0 Å². The van der Waals surface area contributed by atoms with E-state index in [1.165, 1.54) is 12.1 Å². The predicted octanol–water partition coefficient (Wildman–Crippen LogP) is -0.0905. The third-order valence-electron chi connectivity index (χ3n) is 3.38. The number of carboxylic acids is 1. The summed E-state index contributed by atoms with van der Waals surface area (Å²) in [6.45, 7) is 0. The summed E-state index contributed by atoms with van der Waals surface area (Å²) in [7, 11) is 0. The van der Waals surface area contributed by atoms with Gasteiger partial charge in [-0.15, -0.1) is 0 Å². The second-order valence-corrected chi connectivity index (χ2v) is 4.80. The number of nitrogens with two attached hydrogens (primary N) is 1. The van der Waals surface area contributed by atoms with Crippen LogP contribution >= 0.6 is 0 Å². The van der Waals surface area contributed by atoms with Gasteiger partial charge < -0.3 is 10.8 Å². The third kappa shape index (κ3) is 2.73. The largest absolute Gasteiger partial charge is 0.480 e. The highest BCUT2D eigenvalue weighted by Gasteiger charge is 2.46. The van der Waals surface area contributed by atoms with E-state index in [1.54, 1.807) is 0 Å². The summed E-state index contributed by atoms with van der Waals surface area (Å²) in [5.41, 5.74) is 3.67. The van der Waals surface area contributed by atoms with Crippen molar-refractivity contribution < 1.29 is 29.2 Å². The fraction of sp³-hybridized carbons (Fsp3) is 0.231. The molecule has 0 aliphatic carbocycles. The van der Waals surface area contributed by atoms with Gasteiger partial charge in [-0.2, -0.15) is 0 Å². The summed E-state index contributed by atoms with van der Waals surface area (Å²) in [6.07, 6.45) is -0.726. The van der Waals surface area contributed by atoms with E-state index in [2.05, 4.69) is 0 Å². The molecular weight excluding hydrogens is 310 g/mol. The molecule has 0 bridgehead atoms. The lowest BCUT2D eigenvalue weighted by Gasteiger charge is -2.21. The molecule has 1 atom stereocenters. The zero-order valence-electron chi connectivity index (χ0n) is 11.6. The summed E-state index contributed by atoms with van der Waals surface area (Å²) in [4.78, 5) is 57.3. The summed E-state index contributed by atoms with van der Waals surface area (Å²) >= 11 is 0. The fourth-order valence-corrected chi connectivity index (χ4v) is 2.36. The molecule has 1 aromatic rings. The molecule has 0 unspecified atom stereocenters. The number of rotatable bonds is 6. The van der Waals surface area contributed by atoms with Crippen molar-refractivity contribution in [3.8, 4) is 0 Å². The van der Waals surface area contributed by atoms with Gasteiger partial charge in [0.1, 0.15) is 11.6 Å². The van der Waals surface area contributed by atoms with Gasteiger partial charge in [0.2, 0.25) is 5.91 Å². The van der Waals surface area contributed by atoms with Crippen LogP contribution in [0.3, 0.4) is 0 Å². The molecule has 0 radical (unpaired) electrons. The molecule has 10 nitrogen and oxygen atoms in total. The minimum atomic E-state index is -1.63. The number of aliphatic carboxylic acids is 1. The average molecular weight is 321 g/mol. The Balaban J connectivity index is 2.46. The number of carbonyl (C=O) groups is 4. The molecule has 23 heavy (non-hydrogen) atoms. The number of hydrogen-bond donors (Lipinski definition) is 2. The fourth-order valence-electron chi connectivity index (χ4n) is 2.36. The van der Waals surface area contributed by atoms with Crippen molar-refractivity contribution in [1.29, 1.82) is 0 Å². The van der Waals surface area contributed by atoms with E-state index in [1.807, 2.05) is 0 Å². The Morgan fingerprint density at radius 1 is 1.30 bits per heavy atom. The van der Waals surface area contributed by atoms with E-state index in [-0.39, 0.29) is 18.4 Å². The van der Waals surface area contributed by atoms with E-state index in [0.29, 0.717) is 4.90 Å². The zero-order valence-corrected chi connectivity index (χ0v) is 11.6. The highest BCUT2D eigenvalue weighted by Crippen LogP contribution is 2.32. The van der Waals surface area contributed by atoms with Gasteiger partial charge in [0.05, 0.1) is 10.5 Å². The number of nitrogens with zero attached hydrogens (tertiary/aromatic N) is 2. The Bertz CT molecular complexity index is 743. The highest BCUT2D eigenvalue weighted by atomic mass is 16.6. The van der Waals surface area contributed by atoms with Crippen molar-refractivity contribution in [3.05, 3.63) is 39.4 Å². The maximum atomic E-state index is 12.3. The minimum absolute atomic E-state index is 0.241. The second kappa shape index (κ2) is 5.83. The molecule has 1 aromatic carbocycles. The molecule has 3 N–H and O–H groups in total. The normalized spacial score (nSPS) is 14.5. The molecule has 1 aliphatic heterocycles. The van der Waals surface area contributed by atoms with Gasteiger partial charge in [0.15, 0.2) is 0 Å². The minimum Gasteiger partial charge on any atom is -0.480 e. The van der Waals surface area contributed by atoms with Gasteiger partial charge in [0.25, 0.3) is 17.5 Å². The van der Waals surface area contributed by atoms with Crippen LogP contribution in [0, 0.1) is 10.1 Å². The van der Waals surface area contributed by atoms with Crippen LogP contribution in [0.1, 0.15) is 33.6 Å². The Morgan fingerprint density at radius 2 is 1.96 bits per heavy atom. The van der Waals surface area contributed by atoms with Crippen LogP contribution in [-0.2, 0) is 9.59 Å². The smallest absolute Gasteiger partial charge is 0.326 e. The molecule has 1 aliphatic rings. The topological polar surface area (TPSA) is 161 Å². The number of primary amides is 1. The highest BCUT2D eigenvalue weighted by molar-refractivity contribution is 6.24. The van der Waals surface area contributed by atoms with Crippen molar-refractivity contribution in [1.82, 2.24) is 4.90 Å². The first kappa shape index (κ1) is 16.1. The molecule has 3 amide bonds. The lowest BCUT2D eigenvalue weighted by molar-refractivity contribution is -0.385. The number of carbonyl (C=O) groups excluding carboxylic acids is 3. The van der Waals surface area contributed by atoms with E-state index in [4.69, 9.17) is 5.73 Å². The Morgan fingerprint density at radius 3 is 2.48 bits per heavy atom. The summed E-state index contributed by atoms with van der Waals surface area (Å²) in [5.74, 6) is -4.33. The number of nitro groups is 1. The molecule has 0 spiro atoms. The number of fused-ring (bicyclic) bond motifs is 1. The molecule has 0 aromatic heterocycles. The van der Waals surface area contributed by atoms with Crippen molar-refractivity contribution in [3.63, 3.8) is 0 Å². The maximum absolute atomic E-state index is 12.3. The quantitative estimate of drug-likeness (QED) is 0.420. The van der Waals surface area contributed by atoms with Crippen LogP contribution in [0.15, 0.2) is 18.2 Å². The first-order valence-corrected chi connectivity index (χ1v) is 6.42. The lowest BCUT2D eigenvalue weighted by Crippen LogP contribution is -2.45. The summed E-state index contributed by atoms with van der Waals surface area (Å²) < 4.78 is 0. The average Bonchev–Trinajstić information content (AvgIpc) is 2.72. The SMILES string of the molecule is NC(=O)CC[C@H](C(=O)O)N1C(=O)c2cccc([N+](=O)[O-])c2C1=O. The van der Waals surface area contributed by atoms with Crippen LogP contribution in [0.25, 0.3) is 0 Å². The van der Waals surface area contributed by atoms with Crippen molar-refractivity contribution in [2.45, 2.75) is 18.9 Å². The molecule has 0 saturated heterocycles. The van der Waals surface area contributed by atoms with E-state index >= 15 is 0 Å².